The van der Waals surface area contributed by atoms with Gasteiger partial charge in [0.05, 0.1) is 10.8 Å². The molecule has 0 spiro atoms. The maximum Gasteiger partial charge on any atom is 0.405 e. The van der Waals surface area contributed by atoms with Gasteiger partial charge in [0.25, 0.3) is 5.91 Å². The number of nitrogens with one attached hydrogen (secondary N) is 2. The maximum absolute atomic E-state index is 12.6. The molecule has 9 nitrogen and oxygen atoms in total. The van der Waals surface area contributed by atoms with Gasteiger partial charge in [0.1, 0.15) is 6.54 Å². The minimum Gasteiger partial charge on any atom is -0.455 e. The van der Waals surface area contributed by atoms with Crippen molar-refractivity contribution in [3.8, 4) is 0 Å². The summed E-state index contributed by atoms with van der Waals surface area (Å²) in [7, 11) is -3.75. The lowest BCUT2D eigenvalue weighted by Crippen LogP contribution is -2.45. The SMILES string of the molecule is O=C(COC(=O)C1CCN(S(=O)(=O)c2ccc(Cl)cc2)CC1)NC(=O)NCC(F)(F)F. The largest absolute Gasteiger partial charge is 0.455 e. The normalized spacial score (nSPS) is 15.9. The second-order valence-electron chi connectivity index (χ2n) is 6.59. The van der Waals surface area contributed by atoms with E-state index >= 15 is 0 Å². The molecule has 0 radical (unpaired) electrons. The lowest BCUT2D eigenvalue weighted by Gasteiger charge is -2.30. The Kier molecular flexibility index (Phi) is 8.26. The molecule has 172 valence electrons. The van der Waals surface area contributed by atoms with Crippen molar-refractivity contribution in [2.24, 2.45) is 5.92 Å². The van der Waals surface area contributed by atoms with Gasteiger partial charge >= 0.3 is 18.2 Å². The van der Waals surface area contributed by atoms with Crippen molar-refractivity contribution < 1.29 is 40.7 Å². The highest BCUT2D eigenvalue weighted by molar-refractivity contribution is 7.89. The number of carbonyl (C=O) groups excluding carboxylic acids is 3. The van der Waals surface area contributed by atoms with E-state index in [2.05, 4.69) is 0 Å². The number of amides is 3. The molecule has 1 aliphatic rings. The Balaban J connectivity index is 1.77. The van der Waals surface area contributed by atoms with Crippen LogP contribution in [0.3, 0.4) is 0 Å². The van der Waals surface area contributed by atoms with E-state index < -0.39 is 53.2 Å². The van der Waals surface area contributed by atoms with E-state index in [0.29, 0.717) is 5.02 Å². The van der Waals surface area contributed by atoms with Gasteiger partial charge in [0.15, 0.2) is 6.61 Å². The van der Waals surface area contributed by atoms with Gasteiger partial charge in [-0.15, -0.1) is 0 Å². The molecule has 1 fully saturated rings. The van der Waals surface area contributed by atoms with E-state index in [1.807, 2.05) is 0 Å². The van der Waals surface area contributed by atoms with Crippen molar-refractivity contribution in [3.63, 3.8) is 0 Å². The molecule has 0 atom stereocenters. The zero-order valence-corrected chi connectivity index (χ0v) is 17.5. The van der Waals surface area contributed by atoms with E-state index in [1.165, 1.54) is 33.9 Å². The molecule has 1 heterocycles. The van der Waals surface area contributed by atoms with E-state index in [-0.39, 0.29) is 30.8 Å². The number of benzene rings is 1. The molecule has 1 saturated heterocycles. The first kappa shape index (κ1) is 24.9. The fourth-order valence-corrected chi connectivity index (χ4v) is 4.33. The molecule has 31 heavy (non-hydrogen) atoms. The number of urea groups is 1. The highest BCUT2D eigenvalue weighted by atomic mass is 35.5. The van der Waals surface area contributed by atoms with Crippen LogP contribution in [0, 0.1) is 5.92 Å². The highest BCUT2D eigenvalue weighted by Crippen LogP contribution is 2.25. The monoisotopic (exact) mass is 485 g/mol. The number of nitrogens with zero attached hydrogens (tertiary/aromatic N) is 1. The number of sulfonamides is 1. The minimum atomic E-state index is -4.64. The Labute approximate surface area is 180 Å². The third-order valence-electron chi connectivity index (χ3n) is 4.29. The average Bonchev–Trinajstić information content (AvgIpc) is 2.70. The molecule has 2 rings (SSSR count). The van der Waals surface area contributed by atoms with Crippen molar-refractivity contribution in [2.75, 3.05) is 26.2 Å². The predicted molar refractivity (Wildman–Crippen MR) is 101 cm³/mol. The summed E-state index contributed by atoms with van der Waals surface area (Å²) in [5, 5.41) is 3.42. The van der Waals surface area contributed by atoms with Crippen molar-refractivity contribution in [3.05, 3.63) is 29.3 Å². The molecule has 3 amide bonds. The van der Waals surface area contributed by atoms with Crippen LogP contribution in [0.4, 0.5) is 18.0 Å². The first-order valence-electron chi connectivity index (χ1n) is 8.95. The summed E-state index contributed by atoms with van der Waals surface area (Å²) in [6.45, 7) is -2.38. The molecular weight excluding hydrogens is 467 g/mol. The summed E-state index contributed by atoms with van der Waals surface area (Å²) in [4.78, 5) is 34.8. The van der Waals surface area contributed by atoms with Gasteiger partial charge in [-0.1, -0.05) is 11.6 Å². The molecule has 0 aliphatic carbocycles. The summed E-state index contributed by atoms with van der Waals surface area (Å²) < 4.78 is 67.2. The number of halogens is 4. The Bertz CT molecular complexity index is 916. The lowest BCUT2D eigenvalue weighted by molar-refractivity contribution is -0.153. The van der Waals surface area contributed by atoms with E-state index in [9.17, 15) is 36.0 Å². The van der Waals surface area contributed by atoms with Crippen molar-refractivity contribution in [2.45, 2.75) is 23.9 Å². The van der Waals surface area contributed by atoms with Crippen LogP contribution in [0.25, 0.3) is 0 Å². The van der Waals surface area contributed by atoms with Gasteiger partial charge in [0.2, 0.25) is 10.0 Å². The van der Waals surface area contributed by atoms with Gasteiger partial charge in [-0.25, -0.2) is 13.2 Å². The minimum absolute atomic E-state index is 0.0524. The van der Waals surface area contributed by atoms with Gasteiger partial charge in [0, 0.05) is 18.1 Å². The van der Waals surface area contributed by atoms with Crippen molar-refractivity contribution in [1.29, 1.82) is 0 Å². The zero-order chi connectivity index (χ0) is 23.2. The Morgan fingerprint density at radius 1 is 1.13 bits per heavy atom. The Morgan fingerprint density at radius 2 is 1.71 bits per heavy atom. The summed E-state index contributed by atoms with van der Waals surface area (Å²) in [5.74, 6) is -2.53. The first-order chi connectivity index (χ1) is 14.4. The van der Waals surface area contributed by atoms with Gasteiger partial charge in [-0.2, -0.15) is 17.5 Å². The number of rotatable bonds is 6. The quantitative estimate of drug-likeness (QED) is 0.591. The molecule has 1 aromatic carbocycles. The number of imide groups is 1. The summed E-state index contributed by atoms with van der Waals surface area (Å²) in [5.41, 5.74) is 0. The molecule has 1 aliphatic heterocycles. The van der Waals surface area contributed by atoms with Crippen LogP contribution in [0.5, 0.6) is 0 Å². The Morgan fingerprint density at radius 3 is 2.26 bits per heavy atom. The van der Waals surface area contributed by atoms with Gasteiger partial charge in [-0.3, -0.25) is 14.9 Å². The van der Waals surface area contributed by atoms with Crippen LogP contribution < -0.4 is 10.6 Å². The summed E-state index contributed by atoms with van der Waals surface area (Å²) in [6.07, 6.45) is -4.33. The number of esters is 1. The smallest absolute Gasteiger partial charge is 0.405 e. The third-order valence-corrected chi connectivity index (χ3v) is 6.45. The summed E-state index contributed by atoms with van der Waals surface area (Å²) in [6, 6.07) is 4.28. The number of carbonyl (C=O) groups is 3. The van der Waals surface area contributed by atoms with E-state index in [4.69, 9.17) is 16.3 Å². The molecule has 14 heteroatoms. The maximum atomic E-state index is 12.6. The third kappa shape index (κ3) is 7.67. The molecule has 2 N–H and O–H groups in total. The van der Waals surface area contributed by atoms with Crippen LogP contribution in [-0.4, -0.2) is 63.0 Å². The number of hydrogen-bond acceptors (Lipinski definition) is 6. The summed E-state index contributed by atoms with van der Waals surface area (Å²) >= 11 is 5.76. The van der Waals surface area contributed by atoms with Gasteiger partial charge < -0.3 is 10.1 Å². The highest BCUT2D eigenvalue weighted by Gasteiger charge is 2.33. The zero-order valence-electron chi connectivity index (χ0n) is 15.9. The van der Waals surface area contributed by atoms with Crippen LogP contribution in [0.1, 0.15) is 12.8 Å². The average molecular weight is 486 g/mol. The predicted octanol–water partition coefficient (Wildman–Crippen LogP) is 1.67. The van der Waals surface area contributed by atoms with Crippen molar-refractivity contribution in [1.82, 2.24) is 14.9 Å². The second kappa shape index (κ2) is 10.3. The fourth-order valence-electron chi connectivity index (χ4n) is 2.73. The van der Waals surface area contributed by atoms with Crippen molar-refractivity contribution >= 4 is 39.5 Å². The standard InChI is InChI=1S/C17H19ClF3N3O6S/c18-12-1-3-13(4-2-12)31(28,29)24-7-5-11(6-8-24)15(26)30-9-14(25)23-16(27)22-10-17(19,20)21/h1-4,11H,5-10H2,(H2,22,23,25,27). The molecular formula is C17H19ClF3N3O6S. The molecule has 1 aromatic rings. The van der Waals surface area contributed by atoms with Crippen LogP contribution >= 0.6 is 11.6 Å². The topological polar surface area (TPSA) is 122 Å². The number of hydrogen-bond donors (Lipinski definition) is 2. The second-order valence-corrected chi connectivity index (χ2v) is 8.96. The molecule has 0 aromatic heterocycles. The molecule has 0 bridgehead atoms. The number of alkyl halides is 3. The van der Waals surface area contributed by atoms with Crippen LogP contribution in [-0.2, 0) is 24.3 Å². The molecule has 0 unspecified atom stereocenters. The number of ether oxygens (including phenoxy) is 1. The van der Waals surface area contributed by atoms with Gasteiger partial charge in [-0.05, 0) is 37.1 Å². The Hall–Kier alpha value is -2.38. The number of piperidine rings is 1. The molecule has 0 saturated carbocycles. The van der Waals surface area contributed by atoms with E-state index in [1.54, 1.807) is 5.32 Å². The van der Waals surface area contributed by atoms with Crippen LogP contribution in [0.2, 0.25) is 5.02 Å². The lowest BCUT2D eigenvalue weighted by atomic mass is 9.98. The fraction of sp³-hybridized carbons (Fsp3) is 0.471. The van der Waals surface area contributed by atoms with E-state index in [0.717, 1.165) is 0 Å². The first-order valence-corrected chi connectivity index (χ1v) is 10.8. The van der Waals surface area contributed by atoms with Crippen LogP contribution in [0.15, 0.2) is 29.2 Å².